The van der Waals surface area contributed by atoms with E-state index in [-0.39, 0.29) is 11.6 Å². The molecule has 0 saturated heterocycles. The summed E-state index contributed by atoms with van der Waals surface area (Å²) in [6.45, 7) is 5.07. The topological polar surface area (TPSA) is 46.2 Å². The fraction of sp³-hybridized carbons (Fsp3) is 0.200. The van der Waals surface area contributed by atoms with Gasteiger partial charge >= 0.3 is 0 Å². The number of rotatable bonds is 2. The molecular formula is C10H12FNO. The molecule has 1 unspecified atom stereocenters. The normalized spacial score (nSPS) is 12.5. The molecule has 0 fully saturated rings. The molecule has 1 aromatic rings. The highest BCUT2D eigenvalue weighted by Gasteiger charge is 2.13. The van der Waals surface area contributed by atoms with E-state index in [1.165, 1.54) is 18.2 Å². The highest BCUT2D eigenvalue weighted by molar-refractivity contribution is 5.43. The van der Waals surface area contributed by atoms with Crippen molar-refractivity contribution in [1.82, 2.24) is 0 Å². The van der Waals surface area contributed by atoms with Crippen LogP contribution in [0.25, 0.3) is 0 Å². The Hall–Kier alpha value is -1.35. The van der Waals surface area contributed by atoms with Crippen molar-refractivity contribution in [3.8, 4) is 5.75 Å². The van der Waals surface area contributed by atoms with Crippen molar-refractivity contribution < 1.29 is 9.50 Å². The van der Waals surface area contributed by atoms with Crippen molar-refractivity contribution in [3.63, 3.8) is 0 Å². The van der Waals surface area contributed by atoms with Gasteiger partial charge in [-0.05, 0) is 24.6 Å². The average Bonchev–Trinajstić information content (AvgIpc) is 2.12. The molecule has 1 rings (SSSR count). The minimum absolute atomic E-state index is 0.00583. The van der Waals surface area contributed by atoms with E-state index in [4.69, 9.17) is 5.73 Å². The van der Waals surface area contributed by atoms with E-state index in [1.807, 2.05) is 0 Å². The molecule has 0 aliphatic heterocycles. The first-order valence-corrected chi connectivity index (χ1v) is 3.94. The maximum Gasteiger partial charge on any atom is 0.126 e. The molecule has 0 aliphatic rings. The van der Waals surface area contributed by atoms with Crippen LogP contribution in [0.1, 0.15) is 17.2 Å². The van der Waals surface area contributed by atoms with Crippen molar-refractivity contribution in [2.45, 2.75) is 13.0 Å². The van der Waals surface area contributed by atoms with Crippen LogP contribution in [0.15, 0.2) is 24.8 Å². The van der Waals surface area contributed by atoms with Gasteiger partial charge in [0, 0.05) is 5.56 Å². The first-order valence-electron chi connectivity index (χ1n) is 3.94. The van der Waals surface area contributed by atoms with E-state index in [2.05, 4.69) is 6.58 Å². The zero-order valence-electron chi connectivity index (χ0n) is 7.42. The molecule has 0 amide bonds. The van der Waals surface area contributed by atoms with Crippen LogP contribution in [-0.4, -0.2) is 5.11 Å². The second kappa shape index (κ2) is 3.58. The highest BCUT2D eigenvalue weighted by Crippen LogP contribution is 2.28. The number of hydrogen-bond donors (Lipinski definition) is 2. The fourth-order valence-corrected chi connectivity index (χ4v) is 1.23. The third kappa shape index (κ3) is 1.70. The summed E-state index contributed by atoms with van der Waals surface area (Å²) in [4.78, 5) is 0. The molecule has 3 heteroatoms. The van der Waals surface area contributed by atoms with E-state index in [1.54, 1.807) is 6.92 Å². The summed E-state index contributed by atoms with van der Waals surface area (Å²) in [5.41, 5.74) is 6.39. The van der Waals surface area contributed by atoms with Gasteiger partial charge in [-0.2, -0.15) is 0 Å². The predicted octanol–water partition coefficient (Wildman–Crippen LogP) is 2.03. The molecule has 0 aliphatic carbocycles. The van der Waals surface area contributed by atoms with E-state index in [0.29, 0.717) is 11.1 Å². The first-order chi connectivity index (χ1) is 6.07. The van der Waals surface area contributed by atoms with Crippen LogP contribution in [0.3, 0.4) is 0 Å². The smallest absolute Gasteiger partial charge is 0.126 e. The lowest BCUT2D eigenvalue weighted by atomic mass is 10.0. The van der Waals surface area contributed by atoms with Crippen molar-refractivity contribution >= 4 is 0 Å². The summed E-state index contributed by atoms with van der Waals surface area (Å²) in [5.74, 6) is -0.364. The second-order valence-electron chi connectivity index (χ2n) is 2.87. The largest absolute Gasteiger partial charge is 0.508 e. The monoisotopic (exact) mass is 181 g/mol. The Labute approximate surface area is 76.5 Å². The number of hydrogen-bond acceptors (Lipinski definition) is 2. The summed E-state index contributed by atoms with van der Waals surface area (Å²) in [7, 11) is 0. The summed E-state index contributed by atoms with van der Waals surface area (Å²) in [5, 5.41) is 9.42. The molecule has 70 valence electrons. The number of phenols is 1. The molecular weight excluding hydrogens is 169 g/mol. The molecule has 0 heterocycles. The third-order valence-electron chi connectivity index (χ3n) is 2.01. The third-order valence-corrected chi connectivity index (χ3v) is 2.01. The average molecular weight is 181 g/mol. The van der Waals surface area contributed by atoms with Crippen LogP contribution >= 0.6 is 0 Å². The van der Waals surface area contributed by atoms with Crippen molar-refractivity contribution in [3.05, 3.63) is 41.7 Å². The van der Waals surface area contributed by atoms with Gasteiger partial charge < -0.3 is 10.8 Å². The summed E-state index contributed by atoms with van der Waals surface area (Å²) in [6.07, 6.45) is 1.46. The molecule has 0 bridgehead atoms. The number of phenolic OH excluding ortho intramolecular Hbond substituents is 1. The minimum Gasteiger partial charge on any atom is -0.508 e. The van der Waals surface area contributed by atoms with Crippen molar-refractivity contribution in [2.75, 3.05) is 0 Å². The van der Waals surface area contributed by atoms with Crippen molar-refractivity contribution in [1.29, 1.82) is 0 Å². The van der Waals surface area contributed by atoms with Gasteiger partial charge in [0.1, 0.15) is 11.6 Å². The zero-order valence-corrected chi connectivity index (χ0v) is 7.42. The van der Waals surface area contributed by atoms with E-state index < -0.39 is 6.04 Å². The quantitative estimate of drug-likeness (QED) is 0.686. The maximum atomic E-state index is 13.1. The lowest BCUT2D eigenvalue weighted by Crippen LogP contribution is -2.09. The molecule has 0 saturated carbocycles. The molecule has 0 aromatic heterocycles. The number of aromatic hydroxyl groups is 1. The Morgan fingerprint density at radius 2 is 2.23 bits per heavy atom. The van der Waals surface area contributed by atoms with Crippen LogP contribution < -0.4 is 5.73 Å². The Bertz CT molecular complexity index is 336. The Morgan fingerprint density at radius 1 is 1.62 bits per heavy atom. The second-order valence-corrected chi connectivity index (χ2v) is 2.87. The van der Waals surface area contributed by atoms with Crippen LogP contribution in [0, 0.1) is 12.7 Å². The molecule has 13 heavy (non-hydrogen) atoms. The standard InChI is InChI=1S/C10H12FNO/c1-3-8(12)10-6(2)7(11)4-5-9(10)13/h3-5,8,13H,1,12H2,2H3. The summed E-state index contributed by atoms with van der Waals surface area (Å²) >= 11 is 0. The van der Waals surface area contributed by atoms with Gasteiger partial charge in [-0.3, -0.25) is 0 Å². The number of halogens is 1. The number of nitrogens with two attached hydrogens (primary N) is 1. The maximum absolute atomic E-state index is 13.1. The van der Waals surface area contributed by atoms with Crippen LogP contribution in [0.2, 0.25) is 0 Å². The Balaban J connectivity index is 3.32. The van der Waals surface area contributed by atoms with Crippen molar-refractivity contribution in [2.24, 2.45) is 5.73 Å². The molecule has 0 radical (unpaired) electrons. The van der Waals surface area contributed by atoms with Crippen LogP contribution in [-0.2, 0) is 0 Å². The fourth-order valence-electron chi connectivity index (χ4n) is 1.23. The van der Waals surface area contributed by atoms with E-state index in [9.17, 15) is 9.50 Å². The van der Waals surface area contributed by atoms with Gasteiger partial charge in [0.05, 0.1) is 6.04 Å². The van der Waals surface area contributed by atoms with Gasteiger partial charge in [-0.25, -0.2) is 4.39 Å². The lowest BCUT2D eigenvalue weighted by Gasteiger charge is -2.12. The summed E-state index contributed by atoms with van der Waals surface area (Å²) in [6, 6.07) is 1.97. The minimum atomic E-state index is -0.532. The molecule has 1 aromatic carbocycles. The first kappa shape index (κ1) is 9.74. The van der Waals surface area contributed by atoms with Gasteiger partial charge in [0.25, 0.3) is 0 Å². The van der Waals surface area contributed by atoms with Gasteiger partial charge in [-0.1, -0.05) is 6.08 Å². The zero-order chi connectivity index (χ0) is 10.0. The van der Waals surface area contributed by atoms with Crippen LogP contribution in [0.5, 0.6) is 5.75 Å². The Kier molecular flexibility index (Phi) is 2.68. The van der Waals surface area contributed by atoms with E-state index >= 15 is 0 Å². The highest BCUT2D eigenvalue weighted by atomic mass is 19.1. The van der Waals surface area contributed by atoms with Gasteiger partial charge in [0.15, 0.2) is 0 Å². The molecule has 1 atom stereocenters. The summed E-state index contributed by atoms with van der Waals surface area (Å²) < 4.78 is 13.1. The predicted molar refractivity (Wildman–Crippen MR) is 49.9 cm³/mol. The number of benzene rings is 1. The van der Waals surface area contributed by atoms with Gasteiger partial charge in [-0.15, -0.1) is 6.58 Å². The van der Waals surface area contributed by atoms with E-state index in [0.717, 1.165) is 0 Å². The van der Waals surface area contributed by atoms with Crippen LogP contribution in [0.4, 0.5) is 4.39 Å². The lowest BCUT2D eigenvalue weighted by molar-refractivity contribution is 0.461. The van der Waals surface area contributed by atoms with Gasteiger partial charge in [0.2, 0.25) is 0 Å². The molecule has 2 nitrogen and oxygen atoms in total. The molecule has 3 N–H and O–H groups in total. The SMILES string of the molecule is C=CC(N)c1c(O)ccc(F)c1C. The molecule has 0 spiro atoms. The Morgan fingerprint density at radius 3 is 2.77 bits per heavy atom.